The lowest BCUT2D eigenvalue weighted by Gasteiger charge is -2.26. The molecule has 172 valence electrons. The minimum absolute atomic E-state index is 0.00776. The molecule has 1 aromatic heterocycles. The molecule has 8 nitrogen and oxygen atoms in total. The zero-order valence-electron chi connectivity index (χ0n) is 18.7. The van der Waals surface area contributed by atoms with Crippen LogP contribution in [-0.2, 0) is 9.53 Å². The number of ketones is 1. The molecule has 0 bridgehead atoms. The average molecular weight is 451 g/mol. The number of carbonyl (C=O) groups is 2. The highest BCUT2D eigenvalue weighted by Crippen LogP contribution is 2.40. The molecule has 1 N–H and O–H groups in total. The number of rotatable bonds is 9. The topological polar surface area (TPSA) is 98.4 Å². The number of aliphatic hydroxyl groups is 1. The van der Waals surface area contributed by atoms with Crippen molar-refractivity contribution >= 4 is 22.7 Å². The summed E-state index contributed by atoms with van der Waals surface area (Å²) in [5.41, 5.74) is 1.03. The zero-order valence-corrected chi connectivity index (χ0v) is 18.7. The first-order valence-corrected chi connectivity index (χ1v) is 10.6. The van der Waals surface area contributed by atoms with Crippen molar-refractivity contribution in [2.45, 2.75) is 13.0 Å². The van der Waals surface area contributed by atoms with E-state index < -0.39 is 23.5 Å². The second kappa shape index (κ2) is 9.38. The van der Waals surface area contributed by atoms with E-state index in [0.717, 1.165) is 0 Å². The van der Waals surface area contributed by atoms with Crippen LogP contribution in [0.5, 0.6) is 11.5 Å². The molecule has 1 amide bonds. The normalized spacial score (nSPS) is 16.0. The first-order chi connectivity index (χ1) is 16.0. The van der Waals surface area contributed by atoms with Gasteiger partial charge in [0, 0.05) is 19.0 Å². The van der Waals surface area contributed by atoms with E-state index in [9.17, 15) is 14.7 Å². The molecular weight excluding hydrogens is 426 g/mol. The van der Waals surface area contributed by atoms with Crippen LogP contribution in [0.4, 0.5) is 0 Å². The van der Waals surface area contributed by atoms with Gasteiger partial charge in [-0.05, 0) is 36.8 Å². The molecule has 0 saturated heterocycles. The average Bonchev–Trinajstić information content (AvgIpc) is 3.37. The van der Waals surface area contributed by atoms with E-state index in [4.69, 9.17) is 18.6 Å². The predicted molar refractivity (Wildman–Crippen MR) is 121 cm³/mol. The summed E-state index contributed by atoms with van der Waals surface area (Å²) in [7, 11) is 3.03. The van der Waals surface area contributed by atoms with Crippen LogP contribution in [-0.4, -0.2) is 55.7 Å². The third kappa shape index (κ3) is 4.05. The summed E-state index contributed by atoms with van der Waals surface area (Å²) in [5, 5.41) is 11.4. The molecule has 0 radical (unpaired) electrons. The van der Waals surface area contributed by atoms with E-state index in [1.165, 1.54) is 19.1 Å². The third-order valence-electron chi connectivity index (χ3n) is 5.54. The van der Waals surface area contributed by atoms with Crippen molar-refractivity contribution in [3.05, 3.63) is 71.2 Å². The van der Waals surface area contributed by atoms with Crippen molar-refractivity contribution in [1.29, 1.82) is 0 Å². The van der Waals surface area contributed by atoms with Crippen molar-refractivity contribution in [1.82, 2.24) is 4.90 Å². The molecule has 2 heterocycles. The van der Waals surface area contributed by atoms with Gasteiger partial charge in [-0.15, -0.1) is 0 Å². The Morgan fingerprint density at radius 1 is 1.15 bits per heavy atom. The van der Waals surface area contributed by atoms with Crippen LogP contribution < -0.4 is 9.47 Å². The lowest BCUT2D eigenvalue weighted by Crippen LogP contribution is -2.34. The Morgan fingerprint density at radius 3 is 2.58 bits per heavy atom. The monoisotopic (exact) mass is 451 g/mol. The smallest absolute Gasteiger partial charge is 0.290 e. The Kier molecular flexibility index (Phi) is 6.37. The summed E-state index contributed by atoms with van der Waals surface area (Å²) in [4.78, 5) is 27.9. The van der Waals surface area contributed by atoms with E-state index >= 15 is 0 Å². The molecule has 8 heteroatoms. The summed E-state index contributed by atoms with van der Waals surface area (Å²) >= 11 is 0. The number of hydrogen-bond acceptors (Lipinski definition) is 7. The molecule has 1 unspecified atom stereocenters. The van der Waals surface area contributed by atoms with Crippen molar-refractivity contribution in [3.63, 3.8) is 0 Å². The standard InChI is InChI=1S/C25H25NO7/c1-4-32-17-10-8-15(9-11-17)21-20(23(28)25(29)26(21)12-13-30-2)22(27)19-14-16-6-5-7-18(31-3)24(16)33-19/h5-11,14,21,28H,4,12-13H2,1-3H3. The van der Waals surface area contributed by atoms with Gasteiger partial charge in [0.1, 0.15) is 5.75 Å². The fourth-order valence-electron chi connectivity index (χ4n) is 4.01. The molecule has 1 aliphatic rings. The maximum atomic E-state index is 13.6. The van der Waals surface area contributed by atoms with E-state index in [0.29, 0.717) is 34.6 Å². The quantitative estimate of drug-likeness (QED) is 0.490. The zero-order chi connectivity index (χ0) is 23.5. The Bertz CT molecular complexity index is 1210. The van der Waals surface area contributed by atoms with Crippen LogP contribution in [0.1, 0.15) is 29.1 Å². The highest BCUT2D eigenvalue weighted by Gasteiger charge is 2.44. The van der Waals surface area contributed by atoms with Crippen LogP contribution >= 0.6 is 0 Å². The maximum absolute atomic E-state index is 13.6. The van der Waals surface area contributed by atoms with E-state index in [1.807, 2.05) is 6.92 Å². The van der Waals surface area contributed by atoms with Crippen LogP contribution in [0.3, 0.4) is 0 Å². The van der Waals surface area contributed by atoms with Gasteiger partial charge in [0.05, 0.1) is 31.9 Å². The lowest BCUT2D eigenvalue weighted by molar-refractivity contribution is -0.130. The molecule has 0 aliphatic carbocycles. The Labute approximate surface area is 191 Å². The molecule has 1 aliphatic heterocycles. The molecule has 1 atom stereocenters. The van der Waals surface area contributed by atoms with E-state index in [2.05, 4.69) is 0 Å². The number of amides is 1. The van der Waals surface area contributed by atoms with E-state index in [1.54, 1.807) is 48.5 Å². The molecule has 33 heavy (non-hydrogen) atoms. The number of carbonyl (C=O) groups excluding carboxylic acids is 2. The largest absolute Gasteiger partial charge is 0.503 e. The summed E-state index contributed by atoms with van der Waals surface area (Å²) < 4.78 is 21.8. The first-order valence-electron chi connectivity index (χ1n) is 10.6. The summed E-state index contributed by atoms with van der Waals surface area (Å²) in [6.45, 7) is 2.84. The predicted octanol–water partition coefficient (Wildman–Crippen LogP) is 4.06. The maximum Gasteiger partial charge on any atom is 0.290 e. The molecule has 0 spiro atoms. The number of Topliss-reactive ketones (excluding diaryl/α,β-unsaturated/α-hetero) is 1. The number of nitrogens with zero attached hydrogens (tertiary/aromatic N) is 1. The van der Waals surface area contributed by atoms with Gasteiger partial charge in [-0.3, -0.25) is 9.59 Å². The van der Waals surface area contributed by atoms with Gasteiger partial charge >= 0.3 is 0 Å². The third-order valence-corrected chi connectivity index (χ3v) is 5.54. The van der Waals surface area contributed by atoms with Crippen molar-refractivity contribution < 1.29 is 33.3 Å². The van der Waals surface area contributed by atoms with Gasteiger partial charge in [-0.2, -0.15) is 0 Å². The summed E-state index contributed by atoms with van der Waals surface area (Å²) in [6, 6.07) is 13.2. The van der Waals surface area contributed by atoms with Crippen molar-refractivity contribution in [2.24, 2.45) is 0 Å². The number of methoxy groups -OCH3 is 2. The fraction of sp³-hybridized carbons (Fsp3) is 0.280. The van der Waals surface area contributed by atoms with Gasteiger partial charge in [0.15, 0.2) is 22.9 Å². The number of hydrogen-bond donors (Lipinski definition) is 1. The van der Waals surface area contributed by atoms with Crippen LogP contribution in [0.15, 0.2) is 64.3 Å². The van der Waals surface area contributed by atoms with Gasteiger partial charge in [0.2, 0.25) is 5.78 Å². The number of para-hydroxylation sites is 1. The van der Waals surface area contributed by atoms with Crippen molar-refractivity contribution in [2.75, 3.05) is 34.0 Å². The number of fused-ring (bicyclic) bond motifs is 1. The number of benzene rings is 2. The van der Waals surface area contributed by atoms with Gasteiger partial charge < -0.3 is 28.6 Å². The number of furan rings is 1. The Morgan fingerprint density at radius 2 is 1.91 bits per heavy atom. The van der Waals surface area contributed by atoms with Gasteiger partial charge in [-0.25, -0.2) is 0 Å². The van der Waals surface area contributed by atoms with Crippen LogP contribution in [0.2, 0.25) is 0 Å². The first kappa shape index (κ1) is 22.4. The van der Waals surface area contributed by atoms with Gasteiger partial charge in [0.25, 0.3) is 5.91 Å². The van der Waals surface area contributed by atoms with E-state index in [-0.39, 0.29) is 24.5 Å². The minimum Gasteiger partial charge on any atom is -0.503 e. The highest BCUT2D eigenvalue weighted by atomic mass is 16.5. The molecule has 4 rings (SSSR count). The number of ether oxygens (including phenoxy) is 3. The molecule has 2 aromatic carbocycles. The summed E-state index contributed by atoms with van der Waals surface area (Å²) in [5.74, 6) is -0.645. The second-order valence-corrected chi connectivity index (χ2v) is 7.48. The SMILES string of the molecule is CCOc1ccc(C2C(C(=O)c3cc4cccc(OC)c4o3)=C(O)C(=O)N2CCOC)cc1. The minimum atomic E-state index is -0.800. The number of aliphatic hydroxyl groups excluding tert-OH is 1. The Balaban J connectivity index is 1.78. The molecule has 0 saturated carbocycles. The molecule has 0 fully saturated rings. The highest BCUT2D eigenvalue weighted by molar-refractivity contribution is 6.16. The van der Waals surface area contributed by atoms with Crippen LogP contribution in [0, 0.1) is 0 Å². The lowest BCUT2D eigenvalue weighted by atomic mass is 9.95. The Hall–Kier alpha value is -3.78. The molecule has 3 aromatic rings. The fourth-order valence-corrected chi connectivity index (χ4v) is 4.01. The van der Waals surface area contributed by atoms with Gasteiger partial charge in [-0.1, -0.05) is 24.3 Å². The summed E-state index contributed by atoms with van der Waals surface area (Å²) in [6.07, 6.45) is 0. The van der Waals surface area contributed by atoms with Crippen LogP contribution in [0.25, 0.3) is 11.0 Å². The second-order valence-electron chi connectivity index (χ2n) is 7.48. The van der Waals surface area contributed by atoms with Crippen molar-refractivity contribution in [3.8, 4) is 11.5 Å². The molecular formula is C25H25NO7.